The molecule has 2 aromatic rings. The van der Waals surface area contributed by atoms with Crippen LogP contribution < -0.4 is 4.74 Å². The molecular weight excluding hydrogens is 440 g/mol. The standard InChI is InChI=1S/C26H35ClN2O2S/c27-23-9-11-25(12-10-23)32-29(24-13-19-30-20-14-24)21-22-7-2-3-8-26(22)31-18-6-17-28-15-4-1-5-16-28/h2-3,7-12,24H,1,4-6,13-21H2. The first kappa shape index (κ1) is 23.9. The minimum Gasteiger partial charge on any atom is -0.493 e. The van der Waals surface area contributed by atoms with Crippen LogP contribution in [-0.4, -0.2) is 54.7 Å². The Morgan fingerprint density at radius 3 is 2.53 bits per heavy atom. The van der Waals surface area contributed by atoms with Gasteiger partial charge in [-0.25, -0.2) is 4.31 Å². The van der Waals surface area contributed by atoms with Crippen LogP contribution in [-0.2, 0) is 11.3 Å². The lowest BCUT2D eigenvalue weighted by Crippen LogP contribution is -2.34. The summed E-state index contributed by atoms with van der Waals surface area (Å²) in [6.45, 7) is 6.92. The molecular formula is C26H35ClN2O2S. The molecule has 2 aliphatic heterocycles. The van der Waals surface area contributed by atoms with Gasteiger partial charge in [-0.2, -0.15) is 0 Å². The van der Waals surface area contributed by atoms with E-state index in [-0.39, 0.29) is 0 Å². The molecule has 174 valence electrons. The molecule has 6 heteroatoms. The first-order valence-corrected chi connectivity index (χ1v) is 13.1. The van der Waals surface area contributed by atoms with Crippen molar-refractivity contribution in [1.29, 1.82) is 0 Å². The van der Waals surface area contributed by atoms with Gasteiger partial charge in [0.05, 0.1) is 6.61 Å². The molecule has 0 radical (unpaired) electrons. The van der Waals surface area contributed by atoms with Gasteiger partial charge in [-0.3, -0.25) is 0 Å². The predicted octanol–water partition coefficient (Wildman–Crippen LogP) is 6.28. The Morgan fingerprint density at radius 1 is 1.00 bits per heavy atom. The van der Waals surface area contributed by atoms with Crippen LogP contribution in [0.4, 0.5) is 0 Å². The van der Waals surface area contributed by atoms with Crippen LogP contribution >= 0.6 is 23.5 Å². The second kappa shape index (κ2) is 12.9. The smallest absolute Gasteiger partial charge is 0.123 e. The molecule has 2 aliphatic rings. The zero-order valence-corrected chi connectivity index (χ0v) is 20.5. The quantitative estimate of drug-likeness (QED) is 0.298. The molecule has 2 saturated heterocycles. The lowest BCUT2D eigenvalue weighted by molar-refractivity contribution is 0.0594. The monoisotopic (exact) mass is 474 g/mol. The molecule has 4 rings (SSSR count). The van der Waals surface area contributed by atoms with E-state index in [1.165, 1.54) is 42.8 Å². The van der Waals surface area contributed by atoms with Gasteiger partial charge in [0, 0.05) is 47.8 Å². The fourth-order valence-corrected chi connectivity index (χ4v) is 5.65. The summed E-state index contributed by atoms with van der Waals surface area (Å²) in [5.41, 5.74) is 1.25. The Balaban J connectivity index is 1.37. The van der Waals surface area contributed by atoms with Crippen molar-refractivity contribution in [3.8, 4) is 5.75 Å². The fraction of sp³-hybridized carbons (Fsp3) is 0.538. The Labute approximate surface area is 202 Å². The van der Waals surface area contributed by atoms with Crippen molar-refractivity contribution in [2.24, 2.45) is 0 Å². The highest BCUT2D eigenvalue weighted by molar-refractivity contribution is 7.97. The lowest BCUT2D eigenvalue weighted by Gasteiger charge is -2.33. The Bertz CT molecular complexity index is 808. The average Bonchev–Trinajstić information content (AvgIpc) is 2.85. The third-order valence-corrected chi connectivity index (χ3v) is 7.65. The molecule has 0 unspecified atom stereocenters. The number of likely N-dealkylation sites (tertiary alicyclic amines) is 1. The van der Waals surface area contributed by atoms with Crippen LogP contribution in [0.2, 0.25) is 5.02 Å². The zero-order valence-electron chi connectivity index (χ0n) is 18.9. The zero-order chi connectivity index (χ0) is 22.0. The summed E-state index contributed by atoms with van der Waals surface area (Å²) in [6.07, 6.45) is 7.27. The van der Waals surface area contributed by atoms with Gasteiger partial charge in [0.1, 0.15) is 5.75 Å². The summed E-state index contributed by atoms with van der Waals surface area (Å²) in [7, 11) is 0. The van der Waals surface area contributed by atoms with Gasteiger partial charge in [0.25, 0.3) is 0 Å². The number of halogens is 1. The number of hydrogen-bond donors (Lipinski definition) is 0. The number of nitrogens with zero attached hydrogens (tertiary/aromatic N) is 2. The number of rotatable bonds is 10. The molecule has 0 bridgehead atoms. The lowest BCUT2D eigenvalue weighted by atomic mass is 10.1. The van der Waals surface area contributed by atoms with E-state index in [2.05, 4.69) is 45.6 Å². The maximum Gasteiger partial charge on any atom is 0.123 e. The fourth-order valence-electron chi connectivity index (χ4n) is 4.44. The van der Waals surface area contributed by atoms with Crippen molar-refractivity contribution in [3.63, 3.8) is 0 Å². The second-order valence-electron chi connectivity index (χ2n) is 8.68. The highest BCUT2D eigenvalue weighted by Gasteiger charge is 2.24. The van der Waals surface area contributed by atoms with E-state index in [0.717, 1.165) is 62.9 Å². The molecule has 0 atom stereocenters. The van der Waals surface area contributed by atoms with Crippen molar-refractivity contribution in [3.05, 3.63) is 59.1 Å². The maximum absolute atomic E-state index is 6.28. The number of ether oxygens (including phenoxy) is 2. The van der Waals surface area contributed by atoms with E-state index in [1.54, 1.807) is 0 Å². The first-order chi connectivity index (χ1) is 15.8. The van der Waals surface area contributed by atoms with Crippen LogP contribution in [0.5, 0.6) is 5.75 Å². The summed E-state index contributed by atoms with van der Waals surface area (Å²) >= 11 is 7.91. The Hall–Kier alpha value is -1.24. The molecule has 2 heterocycles. The summed E-state index contributed by atoms with van der Waals surface area (Å²) in [4.78, 5) is 3.79. The first-order valence-electron chi connectivity index (χ1n) is 12.0. The third kappa shape index (κ3) is 7.39. The predicted molar refractivity (Wildman–Crippen MR) is 134 cm³/mol. The third-order valence-electron chi connectivity index (χ3n) is 6.26. The van der Waals surface area contributed by atoms with Gasteiger partial charge in [-0.1, -0.05) is 36.2 Å². The van der Waals surface area contributed by atoms with Crippen molar-refractivity contribution >= 4 is 23.5 Å². The van der Waals surface area contributed by atoms with Crippen LogP contribution in [0, 0.1) is 0 Å². The van der Waals surface area contributed by atoms with Gasteiger partial charge in [0.15, 0.2) is 0 Å². The minimum atomic E-state index is 0.483. The molecule has 0 N–H and O–H groups in total. The minimum absolute atomic E-state index is 0.483. The summed E-state index contributed by atoms with van der Waals surface area (Å²) < 4.78 is 14.4. The molecule has 4 nitrogen and oxygen atoms in total. The summed E-state index contributed by atoms with van der Waals surface area (Å²) in [6, 6.07) is 17.1. The van der Waals surface area contributed by atoms with Gasteiger partial charge in [-0.15, -0.1) is 0 Å². The van der Waals surface area contributed by atoms with Crippen molar-refractivity contribution in [2.75, 3.05) is 39.5 Å². The van der Waals surface area contributed by atoms with Crippen LogP contribution in [0.25, 0.3) is 0 Å². The summed E-state index contributed by atoms with van der Waals surface area (Å²) in [5.74, 6) is 1.01. The molecule has 0 spiro atoms. The molecule has 0 amide bonds. The SMILES string of the molecule is Clc1ccc(SN(Cc2ccccc2OCCCN2CCCCC2)C2CCOCC2)cc1. The average molecular weight is 475 g/mol. The largest absolute Gasteiger partial charge is 0.493 e. The maximum atomic E-state index is 6.28. The topological polar surface area (TPSA) is 24.9 Å². The van der Waals surface area contributed by atoms with E-state index in [9.17, 15) is 0 Å². The molecule has 32 heavy (non-hydrogen) atoms. The number of piperidine rings is 1. The van der Waals surface area contributed by atoms with Gasteiger partial charge in [0.2, 0.25) is 0 Å². The number of hydrogen-bond acceptors (Lipinski definition) is 5. The van der Waals surface area contributed by atoms with E-state index in [1.807, 2.05) is 24.1 Å². The van der Waals surface area contributed by atoms with Crippen molar-refractivity contribution < 1.29 is 9.47 Å². The highest BCUT2D eigenvalue weighted by atomic mass is 35.5. The molecule has 0 saturated carbocycles. The summed E-state index contributed by atoms with van der Waals surface area (Å²) in [5, 5.41) is 0.773. The number of benzene rings is 2. The van der Waals surface area contributed by atoms with Crippen LogP contribution in [0.3, 0.4) is 0 Å². The number of para-hydroxylation sites is 1. The van der Waals surface area contributed by atoms with Crippen LogP contribution in [0.1, 0.15) is 44.1 Å². The van der Waals surface area contributed by atoms with E-state index in [4.69, 9.17) is 21.1 Å². The molecule has 0 aliphatic carbocycles. The molecule has 0 aromatic heterocycles. The van der Waals surface area contributed by atoms with Crippen LogP contribution in [0.15, 0.2) is 53.4 Å². The van der Waals surface area contributed by atoms with E-state index in [0.29, 0.717) is 6.04 Å². The van der Waals surface area contributed by atoms with E-state index < -0.39 is 0 Å². The highest BCUT2D eigenvalue weighted by Crippen LogP contribution is 2.33. The van der Waals surface area contributed by atoms with Crippen molar-refractivity contribution in [2.45, 2.75) is 56.0 Å². The molecule has 2 fully saturated rings. The normalized spacial score (nSPS) is 18.2. The molecule has 2 aromatic carbocycles. The second-order valence-corrected chi connectivity index (χ2v) is 10.2. The van der Waals surface area contributed by atoms with Gasteiger partial charge >= 0.3 is 0 Å². The Kier molecular flexibility index (Phi) is 9.60. The van der Waals surface area contributed by atoms with Crippen molar-refractivity contribution in [1.82, 2.24) is 9.21 Å². The van der Waals surface area contributed by atoms with Gasteiger partial charge < -0.3 is 14.4 Å². The van der Waals surface area contributed by atoms with Gasteiger partial charge in [-0.05, 0) is 87.5 Å². The van der Waals surface area contributed by atoms with E-state index >= 15 is 0 Å². The Morgan fingerprint density at radius 2 is 1.75 bits per heavy atom.